The highest BCUT2D eigenvalue weighted by atomic mass is 16.2. The van der Waals surface area contributed by atoms with Gasteiger partial charge in [-0.25, -0.2) is 4.79 Å². The Bertz CT molecular complexity index is 1330. The summed E-state index contributed by atoms with van der Waals surface area (Å²) in [5.74, 6) is -3.16. The molecular weight excluding hydrogens is 574 g/mol. The van der Waals surface area contributed by atoms with Gasteiger partial charge in [0.05, 0.1) is 12.1 Å². The molecular formula is C34H49N5O6. The van der Waals surface area contributed by atoms with Crippen molar-refractivity contribution in [2.75, 3.05) is 6.54 Å². The molecule has 11 nitrogen and oxygen atoms in total. The zero-order valence-electron chi connectivity index (χ0n) is 27.5. The Morgan fingerprint density at radius 1 is 0.978 bits per heavy atom. The minimum absolute atomic E-state index is 0.0670. The minimum Gasteiger partial charge on any atom is -0.363 e. The van der Waals surface area contributed by atoms with Crippen LogP contribution in [0.1, 0.15) is 84.5 Å². The number of Topliss-reactive ketones (excluding diaryl/α,β-unsaturated/α-hetero) is 2. The number of carbonyl (C=O) groups excluding carboxylic acids is 6. The molecule has 5 amide bonds. The Labute approximate surface area is 265 Å². The molecule has 1 aromatic carbocycles. The average molecular weight is 624 g/mol. The Hall–Kier alpha value is -3.76. The van der Waals surface area contributed by atoms with E-state index in [-0.39, 0.29) is 34.9 Å². The number of benzene rings is 1. The molecule has 1 aliphatic heterocycles. The molecule has 4 rings (SSSR count). The number of nitrogens with two attached hydrogens (primary N) is 1. The molecule has 6 atom stereocenters. The standard InChI is InChI=1S/C34H49N5O6/c1-18(2)24(26(40)20-14-9-8-10-15-20)37-32(45)38-28(33(3,4)5)31(44)39-17-21-23(34(21,6)7)25(39)30(43)36-22(27(41)29(35)42)16-19-12-11-13-19/h8-10,14-15,18-19,21-25,28H,11-13,16-17H2,1-7H3,(H2,35,42)(H,36,43)(H2,37,38,45)/t21-,22?,23-,24-,25-,28+/m0/s1. The molecule has 3 fully saturated rings. The predicted molar refractivity (Wildman–Crippen MR) is 169 cm³/mol. The van der Waals surface area contributed by atoms with Crippen LogP contribution >= 0.6 is 0 Å². The van der Waals surface area contributed by atoms with E-state index in [0.29, 0.717) is 18.5 Å². The second kappa shape index (κ2) is 12.9. The summed E-state index contributed by atoms with van der Waals surface area (Å²) in [5, 5.41) is 8.37. The number of hydrogen-bond acceptors (Lipinski definition) is 6. The lowest BCUT2D eigenvalue weighted by molar-refractivity contribution is -0.145. The van der Waals surface area contributed by atoms with Crippen LogP contribution in [-0.4, -0.2) is 70.9 Å². The summed E-state index contributed by atoms with van der Waals surface area (Å²) in [4.78, 5) is 80.8. The predicted octanol–water partition coefficient (Wildman–Crippen LogP) is 2.82. The minimum atomic E-state index is -1.10. The van der Waals surface area contributed by atoms with Gasteiger partial charge in [-0.2, -0.15) is 0 Å². The highest BCUT2D eigenvalue weighted by Crippen LogP contribution is 2.65. The number of carbonyl (C=O) groups is 6. The van der Waals surface area contributed by atoms with Crippen LogP contribution in [0.2, 0.25) is 0 Å². The summed E-state index contributed by atoms with van der Waals surface area (Å²) in [5.41, 5.74) is 4.85. The number of nitrogens with zero attached hydrogens (tertiary/aromatic N) is 1. The van der Waals surface area contributed by atoms with Crippen molar-refractivity contribution in [1.82, 2.24) is 20.9 Å². The lowest BCUT2D eigenvalue weighted by atomic mass is 9.80. The first-order chi connectivity index (χ1) is 20.9. The smallest absolute Gasteiger partial charge is 0.316 e. The van der Waals surface area contributed by atoms with Crippen LogP contribution in [-0.2, 0) is 19.2 Å². The Morgan fingerprint density at radius 3 is 2.11 bits per heavy atom. The molecule has 11 heteroatoms. The summed E-state index contributed by atoms with van der Waals surface area (Å²) in [7, 11) is 0. The molecule has 5 N–H and O–H groups in total. The lowest BCUT2D eigenvalue weighted by Gasteiger charge is -2.38. The van der Waals surface area contributed by atoms with Gasteiger partial charge in [-0.05, 0) is 40.9 Å². The molecule has 1 saturated heterocycles. The fourth-order valence-corrected chi connectivity index (χ4v) is 6.98. The molecule has 0 bridgehead atoms. The van der Waals surface area contributed by atoms with Crippen LogP contribution < -0.4 is 21.7 Å². The molecule has 246 valence electrons. The number of likely N-dealkylation sites (tertiary alicyclic amines) is 1. The van der Waals surface area contributed by atoms with E-state index in [4.69, 9.17) is 5.73 Å². The third-order valence-corrected chi connectivity index (χ3v) is 10.1. The molecule has 1 aromatic rings. The van der Waals surface area contributed by atoms with Gasteiger partial charge in [-0.3, -0.25) is 24.0 Å². The van der Waals surface area contributed by atoms with E-state index in [9.17, 15) is 28.8 Å². The summed E-state index contributed by atoms with van der Waals surface area (Å²) in [6.07, 6.45) is 3.20. The number of amides is 5. The number of hydrogen-bond donors (Lipinski definition) is 4. The number of ketones is 2. The number of nitrogens with one attached hydrogen (secondary N) is 3. The van der Waals surface area contributed by atoms with E-state index >= 15 is 0 Å². The van der Waals surface area contributed by atoms with Gasteiger partial charge in [0.25, 0.3) is 5.91 Å². The third kappa shape index (κ3) is 7.23. The van der Waals surface area contributed by atoms with Gasteiger partial charge in [-0.1, -0.05) is 98.1 Å². The number of rotatable bonds is 12. The number of piperidine rings is 1. The maximum absolute atomic E-state index is 14.3. The van der Waals surface area contributed by atoms with E-state index < -0.39 is 59.1 Å². The molecule has 1 heterocycles. The van der Waals surface area contributed by atoms with Gasteiger partial charge in [-0.15, -0.1) is 0 Å². The van der Waals surface area contributed by atoms with Crippen LogP contribution in [0, 0.1) is 34.5 Å². The fourth-order valence-electron chi connectivity index (χ4n) is 6.98. The van der Waals surface area contributed by atoms with Crippen molar-refractivity contribution in [3.05, 3.63) is 35.9 Å². The summed E-state index contributed by atoms with van der Waals surface area (Å²) in [6.45, 7) is 13.5. The molecule has 2 saturated carbocycles. The van der Waals surface area contributed by atoms with Crippen molar-refractivity contribution in [2.24, 2.45) is 40.2 Å². The topological polar surface area (TPSA) is 168 Å². The van der Waals surface area contributed by atoms with E-state index in [2.05, 4.69) is 16.0 Å². The first-order valence-electron chi connectivity index (χ1n) is 16.1. The second-order valence-electron chi connectivity index (χ2n) is 15.1. The summed E-state index contributed by atoms with van der Waals surface area (Å²) < 4.78 is 0. The number of fused-ring (bicyclic) bond motifs is 1. The molecule has 45 heavy (non-hydrogen) atoms. The monoisotopic (exact) mass is 623 g/mol. The largest absolute Gasteiger partial charge is 0.363 e. The summed E-state index contributed by atoms with van der Waals surface area (Å²) in [6, 6.07) is 4.28. The molecule has 3 aliphatic rings. The van der Waals surface area contributed by atoms with E-state index in [1.54, 1.807) is 24.3 Å². The second-order valence-corrected chi connectivity index (χ2v) is 15.1. The number of primary amides is 1. The van der Waals surface area contributed by atoms with Crippen molar-refractivity contribution in [1.29, 1.82) is 0 Å². The third-order valence-electron chi connectivity index (χ3n) is 10.1. The van der Waals surface area contributed by atoms with Crippen molar-refractivity contribution < 1.29 is 28.8 Å². The van der Waals surface area contributed by atoms with Crippen molar-refractivity contribution in [2.45, 2.75) is 98.3 Å². The zero-order chi connectivity index (χ0) is 33.4. The molecule has 0 spiro atoms. The van der Waals surface area contributed by atoms with Crippen LogP contribution in [0.25, 0.3) is 0 Å². The fraction of sp³-hybridized carbons (Fsp3) is 0.647. The average Bonchev–Trinajstić information content (AvgIpc) is 3.26. The highest BCUT2D eigenvalue weighted by molar-refractivity contribution is 6.37. The maximum Gasteiger partial charge on any atom is 0.316 e. The van der Waals surface area contributed by atoms with Gasteiger partial charge in [0.15, 0.2) is 5.78 Å². The lowest BCUT2D eigenvalue weighted by Crippen LogP contribution is -2.62. The first kappa shape index (κ1) is 34.1. The Kier molecular flexibility index (Phi) is 9.80. The van der Waals surface area contributed by atoms with Crippen LogP contribution in [0.4, 0.5) is 4.79 Å². The normalized spacial score (nSPS) is 24.0. The Morgan fingerprint density at radius 2 is 1.60 bits per heavy atom. The molecule has 0 radical (unpaired) electrons. The van der Waals surface area contributed by atoms with Crippen molar-refractivity contribution in [3.63, 3.8) is 0 Å². The number of urea groups is 1. The van der Waals surface area contributed by atoms with Gasteiger partial charge >= 0.3 is 6.03 Å². The molecule has 1 unspecified atom stereocenters. The van der Waals surface area contributed by atoms with Crippen LogP contribution in [0.5, 0.6) is 0 Å². The van der Waals surface area contributed by atoms with Gasteiger partial charge in [0.2, 0.25) is 17.6 Å². The van der Waals surface area contributed by atoms with Gasteiger partial charge in [0, 0.05) is 12.1 Å². The van der Waals surface area contributed by atoms with Gasteiger partial charge in [0.1, 0.15) is 12.1 Å². The van der Waals surface area contributed by atoms with Crippen molar-refractivity contribution in [3.8, 4) is 0 Å². The zero-order valence-corrected chi connectivity index (χ0v) is 27.5. The Balaban J connectivity index is 1.53. The molecule has 0 aromatic heterocycles. The van der Waals surface area contributed by atoms with Crippen LogP contribution in [0.3, 0.4) is 0 Å². The van der Waals surface area contributed by atoms with Crippen LogP contribution in [0.15, 0.2) is 30.3 Å². The maximum atomic E-state index is 14.3. The van der Waals surface area contributed by atoms with Gasteiger partial charge < -0.3 is 26.6 Å². The summed E-state index contributed by atoms with van der Waals surface area (Å²) >= 11 is 0. The van der Waals surface area contributed by atoms with E-state index in [1.807, 2.05) is 54.5 Å². The van der Waals surface area contributed by atoms with E-state index in [0.717, 1.165) is 19.3 Å². The van der Waals surface area contributed by atoms with Crippen molar-refractivity contribution >= 4 is 35.3 Å². The van der Waals surface area contributed by atoms with E-state index in [1.165, 1.54) is 4.90 Å². The quantitative estimate of drug-likeness (QED) is 0.206. The molecule has 2 aliphatic carbocycles. The first-order valence-corrected chi connectivity index (χ1v) is 16.1. The SMILES string of the molecule is CC(C)[C@H](NC(=O)N[C@H](C(=O)N1C[C@H]2[C@@H]([C@H]1C(=O)NC(CC1CCC1)C(=O)C(N)=O)C2(C)C)C(C)(C)C)C(=O)c1ccccc1. The highest BCUT2D eigenvalue weighted by Gasteiger charge is 2.70.